The number of amides is 1. The SMILES string of the molecule is C=CC(C(=O)NCc1ccc(Cl)cc1)C1=C(CC(=C)C)CC(C)=CC1. The van der Waals surface area contributed by atoms with Gasteiger partial charge < -0.3 is 5.32 Å². The van der Waals surface area contributed by atoms with E-state index in [-0.39, 0.29) is 11.8 Å². The number of nitrogens with one attached hydrogen (secondary N) is 1. The van der Waals surface area contributed by atoms with Crippen molar-refractivity contribution >= 4 is 17.5 Å². The van der Waals surface area contributed by atoms with E-state index in [1.807, 2.05) is 31.2 Å². The van der Waals surface area contributed by atoms with Crippen LogP contribution in [0.4, 0.5) is 0 Å². The van der Waals surface area contributed by atoms with E-state index in [0.717, 1.165) is 36.0 Å². The van der Waals surface area contributed by atoms with E-state index >= 15 is 0 Å². The Morgan fingerprint density at radius 1 is 1.36 bits per heavy atom. The van der Waals surface area contributed by atoms with Crippen molar-refractivity contribution in [1.82, 2.24) is 5.32 Å². The van der Waals surface area contributed by atoms with E-state index in [1.165, 1.54) is 11.1 Å². The number of hydrogen-bond donors (Lipinski definition) is 1. The van der Waals surface area contributed by atoms with E-state index in [0.29, 0.717) is 11.6 Å². The summed E-state index contributed by atoms with van der Waals surface area (Å²) in [5.74, 6) is -0.307. The van der Waals surface area contributed by atoms with Crippen molar-refractivity contribution in [2.24, 2.45) is 5.92 Å². The quantitative estimate of drug-likeness (QED) is 0.619. The normalized spacial score (nSPS) is 15.4. The van der Waals surface area contributed by atoms with Gasteiger partial charge in [0.25, 0.3) is 0 Å². The van der Waals surface area contributed by atoms with Gasteiger partial charge in [0, 0.05) is 11.6 Å². The average Bonchev–Trinajstić information content (AvgIpc) is 2.56. The predicted molar refractivity (Wildman–Crippen MR) is 106 cm³/mol. The summed E-state index contributed by atoms with van der Waals surface area (Å²) in [5.41, 5.74) is 5.96. The fourth-order valence-electron chi connectivity index (χ4n) is 3.15. The molecule has 132 valence electrons. The summed E-state index contributed by atoms with van der Waals surface area (Å²) in [6.07, 6.45) is 6.52. The van der Waals surface area contributed by atoms with Gasteiger partial charge in [-0.2, -0.15) is 0 Å². The van der Waals surface area contributed by atoms with Crippen molar-refractivity contribution in [2.75, 3.05) is 0 Å². The molecule has 1 N–H and O–H groups in total. The molecule has 0 saturated carbocycles. The van der Waals surface area contributed by atoms with Crippen LogP contribution in [0.1, 0.15) is 38.7 Å². The van der Waals surface area contributed by atoms with Gasteiger partial charge in [-0.25, -0.2) is 0 Å². The van der Waals surface area contributed by atoms with Crippen LogP contribution in [-0.4, -0.2) is 5.91 Å². The van der Waals surface area contributed by atoms with Gasteiger partial charge in [0.2, 0.25) is 5.91 Å². The minimum atomic E-state index is -0.300. The number of hydrogen-bond acceptors (Lipinski definition) is 1. The van der Waals surface area contributed by atoms with Crippen LogP contribution < -0.4 is 5.32 Å². The zero-order valence-corrected chi connectivity index (χ0v) is 15.8. The van der Waals surface area contributed by atoms with Crippen molar-refractivity contribution in [3.63, 3.8) is 0 Å². The lowest BCUT2D eigenvalue weighted by molar-refractivity contribution is -0.122. The molecule has 25 heavy (non-hydrogen) atoms. The molecule has 0 spiro atoms. The first kappa shape index (κ1) is 19.3. The van der Waals surface area contributed by atoms with Gasteiger partial charge in [-0.15, -0.1) is 6.58 Å². The van der Waals surface area contributed by atoms with Gasteiger partial charge in [0.1, 0.15) is 0 Å². The van der Waals surface area contributed by atoms with Gasteiger partial charge in [-0.05, 0) is 50.8 Å². The Morgan fingerprint density at radius 2 is 2.04 bits per heavy atom. The van der Waals surface area contributed by atoms with Crippen molar-refractivity contribution in [1.29, 1.82) is 0 Å². The maximum atomic E-state index is 12.7. The fraction of sp³-hybridized carbons (Fsp3) is 0.318. The van der Waals surface area contributed by atoms with Crippen LogP contribution in [0.2, 0.25) is 5.02 Å². The summed E-state index contributed by atoms with van der Waals surface area (Å²) >= 11 is 5.90. The van der Waals surface area contributed by atoms with E-state index in [4.69, 9.17) is 11.6 Å². The van der Waals surface area contributed by atoms with Crippen LogP contribution in [0.25, 0.3) is 0 Å². The summed E-state index contributed by atoms with van der Waals surface area (Å²) in [6, 6.07) is 7.50. The highest BCUT2D eigenvalue weighted by molar-refractivity contribution is 6.30. The predicted octanol–water partition coefficient (Wildman–Crippen LogP) is 5.76. The molecule has 1 atom stereocenters. The van der Waals surface area contributed by atoms with Gasteiger partial charge in [0.15, 0.2) is 0 Å². The average molecular weight is 356 g/mol. The Labute approximate surface area is 156 Å². The monoisotopic (exact) mass is 355 g/mol. The molecule has 1 aliphatic rings. The Balaban J connectivity index is 2.12. The molecule has 0 heterocycles. The molecule has 0 saturated heterocycles. The third-order valence-corrected chi connectivity index (χ3v) is 4.66. The van der Waals surface area contributed by atoms with Crippen molar-refractivity contribution < 1.29 is 4.79 Å². The number of halogens is 1. The van der Waals surface area contributed by atoms with Gasteiger partial charge >= 0.3 is 0 Å². The lowest BCUT2D eigenvalue weighted by Gasteiger charge is -2.25. The Bertz CT molecular complexity index is 721. The molecular weight excluding hydrogens is 330 g/mol. The van der Waals surface area contributed by atoms with Crippen LogP contribution in [0.3, 0.4) is 0 Å². The lowest BCUT2D eigenvalue weighted by Crippen LogP contribution is -2.31. The minimum Gasteiger partial charge on any atom is -0.351 e. The summed E-state index contributed by atoms with van der Waals surface area (Å²) in [7, 11) is 0. The number of carbonyl (C=O) groups is 1. The maximum Gasteiger partial charge on any atom is 0.231 e. The highest BCUT2D eigenvalue weighted by atomic mass is 35.5. The smallest absolute Gasteiger partial charge is 0.231 e. The molecule has 2 rings (SSSR count). The molecule has 0 aromatic heterocycles. The first-order valence-corrected chi connectivity index (χ1v) is 8.94. The molecule has 0 bridgehead atoms. The molecule has 1 aromatic carbocycles. The van der Waals surface area contributed by atoms with Crippen LogP contribution in [0, 0.1) is 5.92 Å². The maximum absolute atomic E-state index is 12.7. The van der Waals surface area contributed by atoms with Gasteiger partial charge in [0.05, 0.1) is 5.92 Å². The Hall–Kier alpha value is -2.06. The number of allylic oxidation sites excluding steroid dienone is 4. The highest BCUT2D eigenvalue weighted by Gasteiger charge is 2.24. The van der Waals surface area contributed by atoms with E-state index in [9.17, 15) is 4.79 Å². The Kier molecular flexibility index (Phi) is 6.83. The van der Waals surface area contributed by atoms with E-state index < -0.39 is 0 Å². The zero-order chi connectivity index (χ0) is 18.4. The number of carbonyl (C=O) groups excluding carboxylic acids is 1. The van der Waals surface area contributed by atoms with Crippen molar-refractivity contribution in [3.05, 3.63) is 82.5 Å². The molecule has 2 nitrogen and oxygen atoms in total. The first-order valence-electron chi connectivity index (χ1n) is 8.56. The molecule has 0 radical (unpaired) electrons. The molecule has 0 fully saturated rings. The minimum absolute atomic E-state index is 0.00730. The van der Waals surface area contributed by atoms with Crippen molar-refractivity contribution in [2.45, 2.75) is 39.7 Å². The van der Waals surface area contributed by atoms with E-state index in [1.54, 1.807) is 6.08 Å². The second-order valence-electron chi connectivity index (χ2n) is 6.75. The summed E-state index contributed by atoms with van der Waals surface area (Å²) < 4.78 is 0. The summed E-state index contributed by atoms with van der Waals surface area (Å²) in [5, 5.41) is 3.71. The van der Waals surface area contributed by atoms with E-state index in [2.05, 4.69) is 31.5 Å². The van der Waals surface area contributed by atoms with Gasteiger partial charge in [-0.1, -0.05) is 64.8 Å². The second kappa shape index (κ2) is 8.87. The highest BCUT2D eigenvalue weighted by Crippen LogP contribution is 2.33. The summed E-state index contributed by atoms with van der Waals surface area (Å²) in [6.45, 7) is 12.6. The first-order chi connectivity index (χ1) is 11.9. The topological polar surface area (TPSA) is 29.1 Å². The number of benzene rings is 1. The van der Waals surface area contributed by atoms with Gasteiger partial charge in [-0.3, -0.25) is 4.79 Å². The molecule has 3 heteroatoms. The van der Waals surface area contributed by atoms with Crippen LogP contribution in [0.5, 0.6) is 0 Å². The summed E-state index contributed by atoms with van der Waals surface area (Å²) in [4.78, 5) is 12.7. The second-order valence-corrected chi connectivity index (χ2v) is 7.19. The third kappa shape index (κ3) is 5.47. The molecule has 1 unspecified atom stereocenters. The largest absolute Gasteiger partial charge is 0.351 e. The van der Waals surface area contributed by atoms with Crippen LogP contribution in [-0.2, 0) is 11.3 Å². The molecule has 1 aromatic rings. The van der Waals surface area contributed by atoms with Crippen molar-refractivity contribution in [3.8, 4) is 0 Å². The molecule has 1 aliphatic carbocycles. The molecule has 0 aliphatic heterocycles. The lowest BCUT2D eigenvalue weighted by atomic mass is 9.82. The Morgan fingerprint density at radius 3 is 2.64 bits per heavy atom. The fourth-order valence-corrected chi connectivity index (χ4v) is 3.27. The molecular formula is C22H26ClNO. The zero-order valence-electron chi connectivity index (χ0n) is 15.1. The molecule has 1 amide bonds. The van der Waals surface area contributed by atoms with Crippen LogP contribution >= 0.6 is 11.6 Å². The third-order valence-electron chi connectivity index (χ3n) is 4.41. The number of rotatable bonds is 7. The standard InChI is InChI=1S/C22H26ClNO/c1-5-20(21-11-6-16(4)13-18(21)12-15(2)3)22(25)24-14-17-7-9-19(23)10-8-17/h5-10,20H,1-2,11-14H2,3-4H3,(H,24,25). The van der Waals surface area contributed by atoms with Crippen LogP contribution in [0.15, 0.2) is 71.9 Å².